The van der Waals surface area contributed by atoms with Gasteiger partial charge in [0, 0.05) is 6.08 Å². The van der Waals surface area contributed by atoms with Gasteiger partial charge in [-0.1, -0.05) is 53.7 Å². The first kappa shape index (κ1) is 19.1. The van der Waals surface area contributed by atoms with Crippen molar-refractivity contribution in [3.63, 3.8) is 0 Å². The standard InChI is InChI=1S/C24H26N4O/c1-18(21-12-11-20-9-5-6-10-22(20)15-21)25-24(29)14-13-23-17-28(27-26-23)16-19-7-3-2-4-8-19/h2-4,7-8,11-15,17-18H,5-6,9-10,16H2,1H3,(H,25,29)/b14-13+/t18-/m0/s1. The molecule has 5 nitrogen and oxygen atoms in total. The molecule has 1 aromatic heterocycles. The van der Waals surface area contributed by atoms with Crippen LogP contribution in [-0.4, -0.2) is 20.9 Å². The van der Waals surface area contributed by atoms with Crippen LogP contribution in [0, 0.1) is 0 Å². The van der Waals surface area contributed by atoms with E-state index in [0.29, 0.717) is 12.2 Å². The summed E-state index contributed by atoms with van der Waals surface area (Å²) < 4.78 is 1.77. The van der Waals surface area contributed by atoms with Crippen LogP contribution in [0.1, 0.15) is 53.8 Å². The molecule has 0 saturated carbocycles. The molecule has 1 atom stereocenters. The molecule has 29 heavy (non-hydrogen) atoms. The fraction of sp³-hybridized carbons (Fsp3) is 0.292. The number of aromatic nitrogens is 3. The first-order chi connectivity index (χ1) is 14.2. The summed E-state index contributed by atoms with van der Waals surface area (Å²) in [6, 6.07) is 16.7. The van der Waals surface area contributed by atoms with Gasteiger partial charge >= 0.3 is 0 Å². The average Bonchev–Trinajstić information content (AvgIpc) is 3.20. The van der Waals surface area contributed by atoms with Gasteiger partial charge in [0.05, 0.1) is 18.8 Å². The number of rotatable bonds is 6. The minimum Gasteiger partial charge on any atom is -0.346 e. The summed E-state index contributed by atoms with van der Waals surface area (Å²) in [6.45, 7) is 2.68. The maximum absolute atomic E-state index is 12.3. The Hall–Kier alpha value is -3.21. The highest BCUT2D eigenvalue weighted by Crippen LogP contribution is 2.24. The summed E-state index contributed by atoms with van der Waals surface area (Å²) in [6.07, 6.45) is 9.90. The Morgan fingerprint density at radius 3 is 2.76 bits per heavy atom. The highest BCUT2D eigenvalue weighted by atomic mass is 16.1. The smallest absolute Gasteiger partial charge is 0.244 e. The number of hydrogen-bond donors (Lipinski definition) is 1. The van der Waals surface area contributed by atoms with Crippen molar-refractivity contribution in [1.29, 1.82) is 0 Å². The van der Waals surface area contributed by atoms with Crippen molar-refractivity contribution >= 4 is 12.0 Å². The van der Waals surface area contributed by atoms with E-state index in [4.69, 9.17) is 0 Å². The zero-order chi connectivity index (χ0) is 20.1. The summed E-state index contributed by atoms with van der Waals surface area (Å²) in [4.78, 5) is 12.3. The number of nitrogens with one attached hydrogen (secondary N) is 1. The van der Waals surface area contributed by atoms with Crippen LogP contribution in [-0.2, 0) is 24.2 Å². The molecule has 4 rings (SSSR count). The number of hydrogen-bond acceptors (Lipinski definition) is 3. The van der Waals surface area contributed by atoms with Gasteiger partial charge in [0.1, 0.15) is 5.69 Å². The quantitative estimate of drug-likeness (QED) is 0.649. The number of aryl methyl sites for hydroxylation is 2. The summed E-state index contributed by atoms with van der Waals surface area (Å²) in [5.74, 6) is -0.132. The van der Waals surface area contributed by atoms with Crippen LogP contribution < -0.4 is 5.32 Å². The molecule has 1 heterocycles. The fourth-order valence-corrected chi connectivity index (χ4v) is 3.77. The van der Waals surface area contributed by atoms with E-state index < -0.39 is 0 Å². The second-order valence-corrected chi connectivity index (χ2v) is 7.63. The molecule has 5 heteroatoms. The van der Waals surface area contributed by atoms with Crippen molar-refractivity contribution in [1.82, 2.24) is 20.3 Å². The molecular weight excluding hydrogens is 360 g/mol. The molecule has 0 fully saturated rings. The summed E-state index contributed by atoms with van der Waals surface area (Å²) in [5, 5.41) is 11.3. The Labute approximate surface area is 171 Å². The van der Waals surface area contributed by atoms with Crippen molar-refractivity contribution < 1.29 is 4.79 Å². The lowest BCUT2D eigenvalue weighted by atomic mass is 9.89. The van der Waals surface area contributed by atoms with Crippen molar-refractivity contribution in [3.8, 4) is 0 Å². The Morgan fingerprint density at radius 2 is 1.93 bits per heavy atom. The number of carbonyl (C=O) groups excluding carboxylic acids is 1. The second-order valence-electron chi connectivity index (χ2n) is 7.63. The number of fused-ring (bicyclic) bond motifs is 1. The predicted octanol–water partition coefficient (Wildman–Crippen LogP) is 4.10. The van der Waals surface area contributed by atoms with Crippen LogP contribution in [0.4, 0.5) is 0 Å². The van der Waals surface area contributed by atoms with Gasteiger partial charge in [0.25, 0.3) is 0 Å². The van der Waals surface area contributed by atoms with Crippen molar-refractivity contribution in [2.45, 2.75) is 45.2 Å². The minimum atomic E-state index is -0.132. The van der Waals surface area contributed by atoms with Gasteiger partial charge in [-0.2, -0.15) is 0 Å². The molecule has 1 N–H and O–H groups in total. The second kappa shape index (κ2) is 8.86. The summed E-state index contributed by atoms with van der Waals surface area (Å²) in [7, 11) is 0. The maximum Gasteiger partial charge on any atom is 0.244 e. The summed E-state index contributed by atoms with van der Waals surface area (Å²) >= 11 is 0. The van der Waals surface area contributed by atoms with E-state index in [2.05, 4.69) is 33.8 Å². The molecule has 0 spiro atoms. The molecular formula is C24H26N4O. The third kappa shape index (κ3) is 4.99. The molecule has 0 unspecified atom stereocenters. The Bertz CT molecular complexity index is 1010. The third-order valence-corrected chi connectivity index (χ3v) is 5.38. The third-order valence-electron chi connectivity index (χ3n) is 5.38. The SMILES string of the molecule is C[C@H](NC(=O)/C=C/c1cn(Cc2ccccc2)nn1)c1ccc2c(c1)CCCC2. The van der Waals surface area contributed by atoms with E-state index in [1.165, 1.54) is 36.5 Å². The number of benzene rings is 2. The fourth-order valence-electron chi connectivity index (χ4n) is 3.77. The highest BCUT2D eigenvalue weighted by Gasteiger charge is 2.13. The Balaban J connectivity index is 1.34. The molecule has 1 aliphatic rings. The van der Waals surface area contributed by atoms with Crippen LogP contribution >= 0.6 is 0 Å². The normalized spacial score (nSPS) is 14.5. The molecule has 3 aromatic rings. The minimum absolute atomic E-state index is 0.0341. The van der Waals surface area contributed by atoms with Crippen LogP contribution in [0.3, 0.4) is 0 Å². The van der Waals surface area contributed by atoms with Gasteiger partial charge in [0.15, 0.2) is 0 Å². The highest BCUT2D eigenvalue weighted by molar-refractivity contribution is 5.91. The van der Waals surface area contributed by atoms with Crippen LogP contribution in [0.2, 0.25) is 0 Å². The van der Waals surface area contributed by atoms with Crippen molar-refractivity contribution in [3.05, 3.63) is 88.8 Å². The molecule has 148 valence electrons. The van der Waals surface area contributed by atoms with Gasteiger partial charge in [-0.25, -0.2) is 4.68 Å². The lowest BCUT2D eigenvalue weighted by molar-refractivity contribution is -0.117. The van der Waals surface area contributed by atoms with E-state index in [-0.39, 0.29) is 11.9 Å². The molecule has 1 aliphatic carbocycles. The van der Waals surface area contributed by atoms with Crippen LogP contribution in [0.25, 0.3) is 6.08 Å². The van der Waals surface area contributed by atoms with E-state index in [1.54, 1.807) is 10.8 Å². The van der Waals surface area contributed by atoms with Gasteiger partial charge in [-0.15, -0.1) is 5.10 Å². The maximum atomic E-state index is 12.3. The number of carbonyl (C=O) groups is 1. The Morgan fingerprint density at radius 1 is 1.14 bits per heavy atom. The molecule has 0 radical (unpaired) electrons. The summed E-state index contributed by atoms with van der Waals surface area (Å²) in [5.41, 5.74) is 5.86. The van der Waals surface area contributed by atoms with Crippen LogP contribution in [0.5, 0.6) is 0 Å². The van der Waals surface area contributed by atoms with Crippen molar-refractivity contribution in [2.75, 3.05) is 0 Å². The van der Waals surface area contributed by atoms with Gasteiger partial charge in [0.2, 0.25) is 5.91 Å². The average molecular weight is 386 g/mol. The van der Waals surface area contributed by atoms with Crippen molar-refractivity contribution in [2.24, 2.45) is 0 Å². The largest absolute Gasteiger partial charge is 0.346 e. The molecule has 2 aromatic carbocycles. The lowest BCUT2D eigenvalue weighted by Crippen LogP contribution is -2.24. The first-order valence-corrected chi connectivity index (χ1v) is 10.2. The molecule has 0 bridgehead atoms. The van der Waals surface area contributed by atoms with Gasteiger partial charge < -0.3 is 5.32 Å². The van der Waals surface area contributed by atoms with E-state index in [9.17, 15) is 4.79 Å². The van der Waals surface area contributed by atoms with E-state index in [1.807, 2.05) is 43.5 Å². The molecule has 0 saturated heterocycles. The number of nitrogens with zero attached hydrogens (tertiary/aromatic N) is 3. The zero-order valence-corrected chi connectivity index (χ0v) is 16.7. The first-order valence-electron chi connectivity index (χ1n) is 10.2. The van der Waals surface area contributed by atoms with Gasteiger partial charge in [-0.3, -0.25) is 4.79 Å². The number of amides is 1. The Kier molecular flexibility index (Phi) is 5.84. The lowest BCUT2D eigenvalue weighted by Gasteiger charge is -2.19. The molecule has 1 amide bonds. The van der Waals surface area contributed by atoms with Crippen LogP contribution in [0.15, 0.2) is 60.8 Å². The zero-order valence-electron chi connectivity index (χ0n) is 16.7. The topological polar surface area (TPSA) is 59.8 Å². The monoisotopic (exact) mass is 386 g/mol. The van der Waals surface area contributed by atoms with Gasteiger partial charge in [-0.05, 0) is 60.9 Å². The molecule has 0 aliphatic heterocycles. The predicted molar refractivity (Wildman–Crippen MR) is 114 cm³/mol. The van der Waals surface area contributed by atoms with E-state index >= 15 is 0 Å². The van der Waals surface area contributed by atoms with E-state index in [0.717, 1.165) is 17.5 Å².